The molecule has 1 aromatic carbocycles. The molecule has 0 fully saturated rings. The van der Waals surface area contributed by atoms with E-state index in [0.29, 0.717) is 10.6 Å². The van der Waals surface area contributed by atoms with E-state index in [1.54, 1.807) is 18.2 Å². The van der Waals surface area contributed by atoms with Crippen LogP contribution in [0.4, 0.5) is 5.00 Å². The normalized spacial score (nSPS) is 15.5. The van der Waals surface area contributed by atoms with E-state index in [-0.39, 0.29) is 4.90 Å². The summed E-state index contributed by atoms with van der Waals surface area (Å²) in [6.07, 6.45) is 3.71. The van der Waals surface area contributed by atoms with Gasteiger partial charge in [-0.1, -0.05) is 24.6 Å². The topological polar surface area (TPSA) is 125 Å². The molecular weight excluding hydrogens is 450 g/mol. The summed E-state index contributed by atoms with van der Waals surface area (Å²) in [4.78, 5) is 26.1. The minimum absolute atomic E-state index is 0.0203. The van der Waals surface area contributed by atoms with Gasteiger partial charge in [0.25, 0.3) is 5.91 Å². The molecule has 0 aliphatic heterocycles. The molecule has 10 heteroatoms. The first-order valence-corrected chi connectivity index (χ1v) is 12.7. The van der Waals surface area contributed by atoms with Crippen LogP contribution in [0.25, 0.3) is 0 Å². The van der Waals surface area contributed by atoms with Crippen LogP contribution in [-0.2, 0) is 37.2 Å². The zero-order chi connectivity index (χ0) is 23.3. The largest absolute Gasteiger partial charge is 0.451 e. The van der Waals surface area contributed by atoms with Gasteiger partial charge >= 0.3 is 5.97 Å². The number of sulfonamides is 1. The molecule has 2 N–H and O–H groups in total. The molecule has 1 heterocycles. The number of nitrogens with zero attached hydrogens (tertiary/aromatic N) is 1. The van der Waals surface area contributed by atoms with E-state index in [4.69, 9.17) is 4.74 Å². The second-order valence-electron chi connectivity index (χ2n) is 7.60. The molecule has 1 aliphatic carbocycles. The van der Waals surface area contributed by atoms with Crippen molar-refractivity contribution in [1.29, 1.82) is 5.26 Å². The van der Waals surface area contributed by atoms with Crippen LogP contribution in [0.3, 0.4) is 0 Å². The summed E-state index contributed by atoms with van der Waals surface area (Å²) in [5.74, 6) is -1.46. The van der Waals surface area contributed by atoms with Crippen LogP contribution in [0.5, 0.6) is 0 Å². The third kappa shape index (κ3) is 5.54. The number of aryl methyl sites for hydroxylation is 1. The van der Waals surface area contributed by atoms with Crippen LogP contribution in [0.15, 0.2) is 35.2 Å². The Bertz CT molecular complexity index is 1140. The smallest absolute Gasteiger partial charge is 0.324 e. The second-order valence-corrected chi connectivity index (χ2v) is 10.4. The van der Waals surface area contributed by atoms with Crippen LogP contribution in [-0.4, -0.2) is 32.4 Å². The van der Waals surface area contributed by atoms with Gasteiger partial charge in [-0.3, -0.25) is 9.59 Å². The zero-order valence-electron chi connectivity index (χ0n) is 17.9. The molecule has 170 valence electrons. The maximum absolute atomic E-state index is 12.6. The fourth-order valence-electron chi connectivity index (χ4n) is 3.44. The number of amides is 1. The van der Waals surface area contributed by atoms with Gasteiger partial charge in [-0.05, 0) is 57.2 Å². The van der Waals surface area contributed by atoms with Gasteiger partial charge < -0.3 is 10.1 Å². The summed E-state index contributed by atoms with van der Waals surface area (Å²) in [6, 6.07) is 8.64. The minimum atomic E-state index is -3.91. The fraction of sp³-hybridized carbons (Fsp3) is 0.409. The first-order chi connectivity index (χ1) is 15.2. The number of hydrogen-bond acceptors (Lipinski definition) is 7. The van der Waals surface area contributed by atoms with Gasteiger partial charge in [0.1, 0.15) is 17.1 Å². The van der Waals surface area contributed by atoms with Crippen molar-refractivity contribution in [3.63, 3.8) is 0 Å². The van der Waals surface area contributed by atoms with Gasteiger partial charge in [0.2, 0.25) is 10.0 Å². The quantitative estimate of drug-likeness (QED) is 0.468. The van der Waals surface area contributed by atoms with E-state index in [2.05, 4.69) is 16.1 Å². The molecule has 3 rings (SSSR count). The standard InChI is InChI=1S/C22H25N3O5S2/c1-14(25-32(28,29)16-9-5-3-6-10-16)22(27)30-15(2)20(26)24-21-18(13-23)17-11-7-4-8-12-19(17)31-21/h3,5-6,9-10,14-15,25H,4,7-8,11-12H2,1-2H3,(H,24,26)/t14-,15?/m0/s1. The number of carbonyl (C=O) groups is 2. The van der Waals surface area contributed by atoms with Gasteiger partial charge in [0.05, 0.1) is 10.5 Å². The number of benzene rings is 1. The van der Waals surface area contributed by atoms with Crippen LogP contribution in [0.2, 0.25) is 0 Å². The van der Waals surface area contributed by atoms with Crippen molar-refractivity contribution in [1.82, 2.24) is 4.72 Å². The highest BCUT2D eigenvalue weighted by Gasteiger charge is 2.28. The molecule has 2 atom stereocenters. The first-order valence-electron chi connectivity index (χ1n) is 10.4. The molecule has 0 saturated heterocycles. The lowest BCUT2D eigenvalue weighted by molar-refractivity contribution is -0.154. The maximum Gasteiger partial charge on any atom is 0.324 e. The molecule has 2 aromatic rings. The predicted octanol–water partition coefficient (Wildman–Crippen LogP) is 3.13. The minimum Gasteiger partial charge on any atom is -0.451 e. The summed E-state index contributed by atoms with van der Waals surface area (Å²) >= 11 is 1.39. The Morgan fingerprint density at radius 3 is 2.50 bits per heavy atom. The first kappa shape index (κ1) is 23.9. The molecule has 1 amide bonds. The number of esters is 1. The third-order valence-corrected chi connectivity index (χ3v) is 7.93. The van der Waals surface area contributed by atoms with E-state index in [0.717, 1.165) is 42.5 Å². The summed E-state index contributed by atoms with van der Waals surface area (Å²) in [7, 11) is -3.91. The van der Waals surface area contributed by atoms with E-state index < -0.39 is 34.0 Å². The summed E-state index contributed by atoms with van der Waals surface area (Å²) in [5, 5.41) is 12.7. The number of rotatable bonds is 7. The van der Waals surface area contributed by atoms with E-state index in [9.17, 15) is 23.3 Å². The molecule has 1 aromatic heterocycles. The van der Waals surface area contributed by atoms with Gasteiger partial charge in [-0.25, -0.2) is 8.42 Å². The number of carbonyl (C=O) groups excluding carboxylic acids is 2. The third-order valence-electron chi connectivity index (χ3n) is 5.17. The maximum atomic E-state index is 12.6. The number of thiophene rings is 1. The SMILES string of the molecule is CC(OC(=O)[C@H](C)NS(=O)(=O)c1ccccc1)C(=O)Nc1sc2c(c1C#N)CCCCC2. The highest BCUT2D eigenvalue weighted by atomic mass is 32.2. The summed E-state index contributed by atoms with van der Waals surface area (Å²) in [5.41, 5.74) is 1.47. The van der Waals surface area contributed by atoms with Crippen molar-refractivity contribution >= 4 is 38.2 Å². The number of ether oxygens (including phenoxy) is 1. The van der Waals surface area contributed by atoms with Crippen LogP contribution >= 0.6 is 11.3 Å². The van der Waals surface area contributed by atoms with Crippen LogP contribution in [0.1, 0.15) is 49.1 Å². The molecule has 0 spiro atoms. The Kier molecular flexibility index (Phi) is 7.66. The Morgan fingerprint density at radius 2 is 1.81 bits per heavy atom. The lowest BCUT2D eigenvalue weighted by Gasteiger charge is -2.17. The Hall–Kier alpha value is -2.74. The lowest BCUT2D eigenvalue weighted by Crippen LogP contribution is -2.42. The van der Waals surface area contributed by atoms with Crippen LogP contribution in [0, 0.1) is 11.3 Å². The van der Waals surface area contributed by atoms with Crippen molar-refractivity contribution in [2.45, 2.75) is 63.0 Å². The highest BCUT2D eigenvalue weighted by Crippen LogP contribution is 2.37. The second kappa shape index (κ2) is 10.3. The molecular formula is C22H25N3O5S2. The average molecular weight is 476 g/mol. The van der Waals surface area contributed by atoms with E-state index >= 15 is 0 Å². The van der Waals surface area contributed by atoms with Gasteiger partial charge in [0.15, 0.2) is 6.10 Å². The molecule has 0 saturated carbocycles. The van der Waals surface area contributed by atoms with Crippen molar-refractivity contribution in [3.05, 3.63) is 46.3 Å². The van der Waals surface area contributed by atoms with Gasteiger partial charge in [0, 0.05) is 4.88 Å². The highest BCUT2D eigenvalue weighted by molar-refractivity contribution is 7.89. The van der Waals surface area contributed by atoms with Crippen molar-refractivity contribution in [2.75, 3.05) is 5.32 Å². The van der Waals surface area contributed by atoms with Crippen molar-refractivity contribution in [3.8, 4) is 6.07 Å². The van der Waals surface area contributed by atoms with Crippen molar-refractivity contribution in [2.24, 2.45) is 0 Å². The Labute approximate surface area is 191 Å². The molecule has 1 aliphatic rings. The number of hydrogen-bond donors (Lipinski definition) is 2. The van der Waals surface area contributed by atoms with Gasteiger partial charge in [-0.15, -0.1) is 11.3 Å². The molecule has 32 heavy (non-hydrogen) atoms. The van der Waals surface area contributed by atoms with E-state index in [1.165, 1.54) is 37.3 Å². The molecule has 0 radical (unpaired) electrons. The Morgan fingerprint density at radius 1 is 1.12 bits per heavy atom. The zero-order valence-corrected chi connectivity index (χ0v) is 19.5. The monoisotopic (exact) mass is 475 g/mol. The summed E-state index contributed by atoms with van der Waals surface area (Å²) < 4.78 is 32.2. The lowest BCUT2D eigenvalue weighted by atomic mass is 10.1. The molecule has 0 bridgehead atoms. The summed E-state index contributed by atoms with van der Waals surface area (Å²) in [6.45, 7) is 2.74. The fourth-order valence-corrected chi connectivity index (χ4v) is 5.90. The Balaban J connectivity index is 1.62. The number of nitriles is 1. The molecule has 8 nitrogen and oxygen atoms in total. The van der Waals surface area contributed by atoms with Crippen molar-refractivity contribution < 1.29 is 22.7 Å². The predicted molar refractivity (Wildman–Crippen MR) is 121 cm³/mol. The average Bonchev–Trinajstić information content (AvgIpc) is 2.92. The van der Waals surface area contributed by atoms with Gasteiger partial charge in [-0.2, -0.15) is 9.98 Å². The van der Waals surface area contributed by atoms with Crippen LogP contribution < -0.4 is 10.0 Å². The van der Waals surface area contributed by atoms with E-state index in [1.807, 2.05) is 0 Å². The number of anilines is 1. The molecule has 1 unspecified atom stereocenters. The number of nitrogens with one attached hydrogen (secondary N) is 2. The number of fused-ring (bicyclic) bond motifs is 1.